The molecule has 0 atom stereocenters. The number of anilines is 1. The van der Waals surface area contributed by atoms with Crippen LogP contribution in [0.25, 0.3) is 11.7 Å². The van der Waals surface area contributed by atoms with Gasteiger partial charge in [0.05, 0.1) is 16.9 Å². The van der Waals surface area contributed by atoms with E-state index in [1.54, 1.807) is 12.1 Å². The van der Waals surface area contributed by atoms with Crippen molar-refractivity contribution in [2.75, 3.05) is 11.1 Å². The molecular weight excluding hydrogens is 479 g/mol. The number of carbonyl (C=O) groups is 1. The smallest absolute Gasteiger partial charge is 0.265 e. The molecule has 4 aromatic rings. The maximum Gasteiger partial charge on any atom is 0.265 e. The summed E-state index contributed by atoms with van der Waals surface area (Å²) in [5, 5.41) is 2.57. The van der Waals surface area contributed by atoms with Crippen LogP contribution in [0.4, 0.5) is 10.1 Å². The Morgan fingerprint density at radius 1 is 1.09 bits per heavy atom. The maximum atomic E-state index is 13.2. The van der Waals surface area contributed by atoms with E-state index in [4.69, 9.17) is 20.4 Å². The van der Waals surface area contributed by atoms with Crippen LogP contribution in [0.3, 0.4) is 0 Å². The number of hydrogen-bond donors (Lipinski definition) is 1. The minimum absolute atomic E-state index is 0.0289. The van der Waals surface area contributed by atoms with Crippen LogP contribution in [0.2, 0.25) is 5.02 Å². The maximum absolute atomic E-state index is 13.2. The van der Waals surface area contributed by atoms with Crippen LogP contribution < -0.4 is 5.32 Å². The van der Waals surface area contributed by atoms with Crippen LogP contribution in [0.5, 0.6) is 0 Å². The van der Waals surface area contributed by atoms with Gasteiger partial charge in [-0.15, -0.1) is 0 Å². The fraction of sp³-hybridized carbons (Fsp3) is 0.0476. The monoisotopic (exact) mass is 492 g/mol. The van der Waals surface area contributed by atoms with Crippen LogP contribution in [0, 0.1) is 5.82 Å². The van der Waals surface area contributed by atoms with Crippen LogP contribution in [-0.4, -0.2) is 25.1 Å². The lowest BCUT2D eigenvalue weighted by Gasteiger charge is -2.05. The Morgan fingerprint density at radius 2 is 1.81 bits per heavy atom. The average Bonchev–Trinajstić information content (AvgIpc) is 3.44. The van der Waals surface area contributed by atoms with Crippen molar-refractivity contribution in [1.82, 2.24) is 4.98 Å². The SMILES string of the molecule is O=C(CSc1oc(-c2ccco2)nc1S(=O)(=O)c1ccc(Cl)cc1)Nc1ccc(F)cc1. The number of amides is 1. The largest absolute Gasteiger partial charge is 0.459 e. The van der Waals surface area contributed by atoms with Crippen molar-refractivity contribution in [3.8, 4) is 11.7 Å². The number of benzene rings is 2. The predicted molar refractivity (Wildman–Crippen MR) is 117 cm³/mol. The highest BCUT2D eigenvalue weighted by Gasteiger charge is 2.29. The number of nitrogens with one attached hydrogen (secondary N) is 1. The molecule has 11 heteroatoms. The van der Waals surface area contributed by atoms with Crippen molar-refractivity contribution < 1.29 is 26.4 Å². The average molecular weight is 493 g/mol. The molecular formula is C21H14ClFN2O5S2. The zero-order valence-electron chi connectivity index (χ0n) is 16.1. The number of carbonyl (C=O) groups excluding carboxylic acids is 1. The summed E-state index contributed by atoms with van der Waals surface area (Å²) >= 11 is 6.72. The molecule has 0 aliphatic carbocycles. The van der Waals surface area contributed by atoms with Gasteiger partial charge in [-0.1, -0.05) is 23.4 Å². The van der Waals surface area contributed by atoms with Gasteiger partial charge in [0.15, 0.2) is 5.76 Å². The Hall–Kier alpha value is -3.08. The third-order valence-electron chi connectivity index (χ3n) is 4.14. The topological polar surface area (TPSA) is 102 Å². The van der Waals surface area contributed by atoms with Crippen molar-refractivity contribution in [2.45, 2.75) is 15.0 Å². The van der Waals surface area contributed by atoms with Crippen LogP contribution >= 0.6 is 23.4 Å². The van der Waals surface area contributed by atoms with E-state index in [1.807, 2.05) is 0 Å². The lowest BCUT2D eigenvalue weighted by atomic mass is 10.3. The van der Waals surface area contributed by atoms with Crippen LogP contribution in [0.1, 0.15) is 0 Å². The van der Waals surface area contributed by atoms with E-state index >= 15 is 0 Å². The van der Waals surface area contributed by atoms with Crippen LogP contribution in [-0.2, 0) is 14.6 Å². The van der Waals surface area contributed by atoms with Gasteiger partial charge in [0.25, 0.3) is 5.89 Å². The second-order valence-electron chi connectivity index (χ2n) is 6.39. The molecule has 2 heterocycles. The molecule has 32 heavy (non-hydrogen) atoms. The van der Waals surface area contributed by atoms with E-state index in [9.17, 15) is 17.6 Å². The zero-order chi connectivity index (χ0) is 22.7. The summed E-state index contributed by atoms with van der Waals surface area (Å²) in [4.78, 5) is 16.4. The molecule has 0 aliphatic rings. The number of aromatic nitrogens is 1. The van der Waals surface area contributed by atoms with E-state index < -0.39 is 21.6 Å². The van der Waals surface area contributed by atoms with Gasteiger partial charge in [0, 0.05) is 10.7 Å². The number of rotatable bonds is 7. The molecule has 0 unspecified atom stereocenters. The summed E-state index contributed by atoms with van der Waals surface area (Å²) in [5.41, 5.74) is 0.403. The predicted octanol–water partition coefficient (Wildman–Crippen LogP) is 5.29. The van der Waals surface area contributed by atoms with Crippen molar-refractivity contribution >= 4 is 44.8 Å². The van der Waals surface area contributed by atoms with Crippen molar-refractivity contribution in [3.63, 3.8) is 0 Å². The molecule has 0 saturated carbocycles. The molecule has 0 radical (unpaired) electrons. The molecule has 0 spiro atoms. The second kappa shape index (κ2) is 9.19. The Morgan fingerprint density at radius 3 is 2.47 bits per heavy atom. The molecule has 4 rings (SSSR count). The molecule has 0 saturated heterocycles. The van der Waals surface area contributed by atoms with E-state index in [0.29, 0.717) is 10.7 Å². The third kappa shape index (κ3) is 4.87. The summed E-state index contributed by atoms with van der Waals surface area (Å²) < 4.78 is 50.2. The minimum Gasteiger partial charge on any atom is -0.459 e. The van der Waals surface area contributed by atoms with E-state index in [2.05, 4.69) is 10.3 Å². The highest BCUT2D eigenvalue weighted by molar-refractivity contribution is 8.00. The molecule has 0 bridgehead atoms. The normalized spacial score (nSPS) is 11.4. The Kier molecular flexibility index (Phi) is 6.35. The van der Waals surface area contributed by atoms with Gasteiger partial charge in [-0.25, -0.2) is 12.8 Å². The van der Waals surface area contributed by atoms with Crippen LogP contribution in [0.15, 0.2) is 90.8 Å². The molecule has 7 nitrogen and oxygen atoms in total. The second-order valence-corrected chi connectivity index (χ2v) is 9.64. The molecule has 0 aliphatic heterocycles. The fourth-order valence-electron chi connectivity index (χ4n) is 2.65. The molecule has 164 valence electrons. The van der Waals surface area contributed by atoms with E-state index in [1.165, 1.54) is 54.8 Å². The summed E-state index contributed by atoms with van der Waals surface area (Å²) in [6, 6.07) is 14.0. The first kappa shape index (κ1) is 22.1. The van der Waals surface area contributed by atoms with E-state index in [0.717, 1.165) is 11.8 Å². The van der Waals surface area contributed by atoms with Crippen molar-refractivity contribution in [2.24, 2.45) is 0 Å². The standard InChI is InChI=1S/C21H14ClFN2O5S2/c22-13-3-9-16(10-4-13)32(27,28)20-21(30-19(25-20)17-2-1-11-29-17)31-12-18(26)24-15-7-5-14(23)6-8-15/h1-11H,12H2,(H,24,26). The van der Waals surface area contributed by atoms with Gasteiger partial charge in [0.1, 0.15) is 5.82 Å². The van der Waals surface area contributed by atoms with Gasteiger partial charge >= 0.3 is 0 Å². The van der Waals surface area contributed by atoms with Gasteiger partial charge in [0.2, 0.25) is 25.9 Å². The number of furan rings is 1. The molecule has 1 N–H and O–H groups in total. The lowest BCUT2D eigenvalue weighted by molar-refractivity contribution is -0.113. The first-order valence-corrected chi connectivity index (χ1v) is 11.9. The molecule has 0 fully saturated rings. The fourth-order valence-corrected chi connectivity index (χ4v) is 5.10. The minimum atomic E-state index is -4.07. The number of thioether (sulfide) groups is 1. The van der Waals surface area contributed by atoms with E-state index in [-0.39, 0.29) is 32.4 Å². The summed E-state index contributed by atoms with van der Waals surface area (Å²) in [6.07, 6.45) is 1.40. The Balaban J connectivity index is 1.61. The number of nitrogens with zero attached hydrogens (tertiary/aromatic N) is 1. The molecule has 1 amide bonds. The van der Waals surface area contributed by atoms with Gasteiger partial charge in [-0.3, -0.25) is 4.79 Å². The zero-order valence-corrected chi connectivity index (χ0v) is 18.5. The third-order valence-corrected chi connectivity index (χ3v) is 7.14. The molecule has 2 aromatic carbocycles. The van der Waals surface area contributed by atoms with Crippen molar-refractivity contribution in [1.29, 1.82) is 0 Å². The number of hydrogen-bond acceptors (Lipinski definition) is 7. The first-order chi connectivity index (χ1) is 15.3. The van der Waals surface area contributed by atoms with Gasteiger partial charge < -0.3 is 14.2 Å². The summed E-state index contributed by atoms with van der Waals surface area (Å²) in [6.45, 7) is 0. The van der Waals surface area contributed by atoms with Crippen molar-refractivity contribution in [3.05, 3.63) is 77.8 Å². The first-order valence-electron chi connectivity index (χ1n) is 9.06. The number of oxazole rings is 1. The molecule has 2 aromatic heterocycles. The summed E-state index contributed by atoms with van der Waals surface area (Å²) in [7, 11) is -4.07. The Bertz CT molecular complexity index is 1340. The number of halogens is 2. The van der Waals surface area contributed by atoms with Gasteiger partial charge in [-0.05, 0) is 60.7 Å². The lowest BCUT2D eigenvalue weighted by Crippen LogP contribution is -2.14. The number of sulfone groups is 1. The van der Waals surface area contributed by atoms with Gasteiger partial charge in [-0.2, -0.15) is 4.98 Å². The quantitative estimate of drug-likeness (QED) is 0.349. The Labute approximate surface area is 191 Å². The summed E-state index contributed by atoms with van der Waals surface area (Å²) in [5.74, 6) is -0.842. The highest BCUT2D eigenvalue weighted by atomic mass is 35.5. The highest BCUT2D eigenvalue weighted by Crippen LogP contribution is 2.35.